The summed E-state index contributed by atoms with van der Waals surface area (Å²) in [5.74, 6) is -0.993. The summed E-state index contributed by atoms with van der Waals surface area (Å²) in [6.45, 7) is 7.98. The van der Waals surface area contributed by atoms with E-state index in [9.17, 15) is 19.2 Å². The topological polar surface area (TPSA) is 139 Å². The molecule has 4 unspecified atom stereocenters. The zero-order valence-corrected chi connectivity index (χ0v) is 19.8. The number of nitrogens with one attached hydrogen (secondary N) is 1. The van der Waals surface area contributed by atoms with Crippen LogP contribution in [0.4, 0.5) is 5.69 Å². The molecule has 2 heterocycles. The Morgan fingerprint density at radius 2 is 1.70 bits per heavy atom. The predicted octanol–water partition coefficient (Wildman–Crippen LogP) is 0.777. The number of amides is 3. The van der Waals surface area contributed by atoms with Crippen molar-refractivity contribution in [2.24, 2.45) is 17.6 Å². The van der Waals surface area contributed by atoms with E-state index in [2.05, 4.69) is 5.32 Å². The molecule has 0 bridgehead atoms. The molecule has 0 spiro atoms. The lowest BCUT2D eigenvalue weighted by Gasteiger charge is -2.29. The molecular formula is C24H35N5O4. The molecule has 3 rings (SSSR count). The summed E-state index contributed by atoms with van der Waals surface area (Å²) in [6, 6.07) is 3.95. The number of likely N-dealkylation sites (tertiary alicyclic amines) is 2. The van der Waals surface area contributed by atoms with Gasteiger partial charge in [0.25, 0.3) is 5.91 Å². The molecule has 0 saturated carbocycles. The molecule has 2 aliphatic rings. The summed E-state index contributed by atoms with van der Waals surface area (Å²) in [4.78, 5) is 55.1. The highest BCUT2D eigenvalue weighted by atomic mass is 16.2. The Hall–Kier alpha value is -2.94. The van der Waals surface area contributed by atoms with Crippen LogP contribution < -0.4 is 16.8 Å². The van der Waals surface area contributed by atoms with Gasteiger partial charge in [-0.3, -0.25) is 19.2 Å². The molecular weight excluding hydrogens is 422 g/mol. The summed E-state index contributed by atoms with van der Waals surface area (Å²) in [7, 11) is 0. The van der Waals surface area contributed by atoms with Crippen molar-refractivity contribution in [1.82, 2.24) is 15.1 Å². The fourth-order valence-corrected chi connectivity index (χ4v) is 4.60. The van der Waals surface area contributed by atoms with E-state index in [-0.39, 0.29) is 47.9 Å². The number of hydrogen-bond acceptors (Lipinski definition) is 6. The largest absolute Gasteiger partial charge is 0.399 e. The fraction of sp³-hybridized carbons (Fsp3) is 0.583. The highest BCUT2D eigenvalue weighted by Gasteiger charge is 2.52. The maximum Gasteiger partial charge on any atom is 0.251 e. The Balaban J connectivity index is 1.77. The van der Waals surface area contributed by atoms with E-state index in [0.717, 1.165) is 0 Å². The molecule has 0 aromatic heterocycles. The van der Waals surface area contributed by atoms with Gasteiger partial charge in [-0.2, -0.15) is 0 Å². The van der Waals surface area contributed by atoms with Gasteiger partial charge >= 0.3 is 0 Å². The number of nitrogens with two attached hydrogens (primary N) is 2. The van der Waals surface area contributed by atoms with Crippen LogP contribution in [-0.4, -0.2) is 70.6 Å². The van der Waals surface area contributed by atoms with Crippen LogP contribution in [0, 0.1) is 11.8 Å². The molecule has 33 heavy (non-hydrogen) atoms. The Bertz CT molecular complexity index is 914. The quantitative estimate of drug-likeness (QED) is 0.517. The summed E-state index contributed by atoms with van der Waals surface area (Å²) >= 11 is 0. The van der Waals surface area contributed by atoms with E-state index in [0.29, 0.717) is 30.6 Å². The SMILES string of the molecule is CC(C)CC(NC(=O)c1ccc(N)cc1)C(=O)N1CCC2C1C(=O)CN2C(=O)C(N)C(C)C. The van der Waals surface area contributed by atoms with E-state index in [1.165, 1.54) is 9.80 Å². The average molecular weight is 458 g/mol. The summed E-state index contributed by atoms with van der Waals surface area (Å²) in [6.07, 6.45) is 0.946. The third-order valence-electron chi connectivity index (χ3n) is 6.48. The number of ketones is 1. The van der Waals surface area contributed by atoms with Gasteiger partial charge in [0.2, 0.25) is 11.8 Å². The second kappa shape index (κ2) is 9.91. The molecule has 3 amide bonds. The number of benzene rings is 1. The van der Waals surface area contributed by atoms with Gasteiger partial charge in [0.1, 0.15) is 12.1 Å². The van der Waals surface area contributed by atoms with Crippen LogP contribution in [0.25, 0.3) is 0 Å². The van der Waals surface area contributed by atoms with Crippen LogP contribution in [0.3, 0.4) is 0 Å². The maximum atomic E-state index is 13.5. The molecule has 2 fully saturated rings. The normalized spacial score (nSPS) is 22.0. The number of anilines is 1. The Morgan fingerprint density at radius 1 is 1.06 bits per heavy atom. The lowest BCUT2D eigenvalue weighted by atomic mass is 10.0. The van der Waals surface area contributed by atoms with Gasteiger partial charge < -0.3 is 26.6 Å². The Kier molecular flexibility index (Phi) is 7.41. The first-order chi connectivity index (χ1) is 15.5. The van der Waals surface area contributed by atoms with Crippen LogP contribution in [0.1, 0.15) is 50.9 Å². The number of carbonyl (C=O) groups excluding carboxylic acids is 4. The van der Waals surface area contributed by atoms with Gasteiger partial charge in [-0.15, -0.1) is 0 Å². The molecule has 4 atom stereocenters. The van der Waals surface area contributed by atoms with Crippen molar-refractivity contribution >= 4 is 29.2 Å². The maximum absolute atomic E-state index is 13.5. The van der Waals surface area contributed by atoms with Gasteiger partial charge in [-0.05, 0) is 48.9 Å². The Morgan fingerprint density at radius 3 is 2.27 bits per heavy atom. The number of carbonyl (C=O) groups is 4. The molecule has 2 saturated heterocycles. The predicted molar refractivity (Wildman–Crippen MR) is 125 cm³/mol. The van der Waals surface area contributed by atoms with Gasteiger partial charge in [-0.25, -0.2) is 0 Å². The van der Waals surface area contributed by atoms with Crippen molar-refractivity contribution < 1.29 is 19.2 Å². The van der Waals surface area contributed by atoms with E-state index in [4.69, 9.17) is 11.5 Å². The van der Waals surface area contributed by atoms with Crippen molar-refractivity contribution in [2.75, 3.05) is 18.8 Å². The molecule has 1 aromatic carbocycles. The summed E-state index contributed by atoms with van der Waals surface area (Å²) in [5.41, 5.74) is 12.7. The monoisotopic (exact) mass is 457 g/mol. The van der Waals surface area contributed by atoms with Crippen LogP contribution in [0.5, 0.6) is 0 Å². The van der Waals surface area contributed by atoms with Gasteiger partial charge in [0, 0.05) is 17.8 Å². The molecule has 2 aliphatic heterocycles. The number of nitrogens with zero attached hydrogens (tertiary/aromatic N) is 2. The highest BCUT2D eigenvalue weighted by Crippen LogP contribution is 2.31. The highest BCUT2D eigenvalue weighted by molar-refractivity contribution is 6.01. The van der Waals surface area contributed by atoms with Gasteiger partial charge in [0.05, 0.1) is 18.6 Å². The summed E-state index contributed by atoms with van der Waals surface area (Å²) in [5, 5.41) is 2.84. The van der Waals surface area contributed by atoms with Crippen LogP contribution in [0.2, 0.25) is 0 Å². The molecule has 0 radical (unpaired) electrons. The lowest BCUT2D eigenvalue weighted by Crippen LogP contribution is -2.53. The minimum atomic E-state index is -0.774. The first-order valence-corrected chi connectivity index (χ1v) is 11.6. The van der Waals surface area contributed by atoms with Gasteiger partial charge in [-0.1, -0.05) is 27.7 Å². The number of Topliss-reactive ketones (excluding diaryl/α,β-unsaturated/α-hetero) is 1. The summed E-state index contributed by atoms with van der Waals surface area (Å²) < 4.78 is 0. The van der Waals surface area contributed by atoms with E-state index in [1.807, 2.05) is 27.7 Å². The van der Waals surface area contributed by atoms with Crippen molar-refractivity contribution in [3.8, 4) is 0 Å². The molecule has 1 aromatic rings. The van der Waals surface area contributed by atoms with Crippen molar-refractivity contribution in [2.45, 2.75) is 64.7 Å². The zero-order valence-electron chi connectivity index (χ0n) is 19.8. The Labute approximate surface area is 194 Å². The zero-order chi connectivity index (χ0) is 24.4. The smallest absolute Gasteiger partial charge is 0.251 e. The standard InChI is InChI=1S/C24H35N5O4/c1-13(2)11-17(27-22(31)15-5-7-16(25)8-6-15)23(32)28-10-9-18-21(28)19(30)12-29(18)24(33)20(26)14(3)4/h5-8,13-14,17-18,20-21H,9-12,25-26H2,1-4H3,(H,27,31). The minimum Gasteiger partial charge on any atom is -0.399 e. The molecule has 0 aliphatic carbocycles. The molecule has 9 nitrogen and oxygen atoms in total. The van der Waals surface area contributed by atoms with Crippen molar-refractivity contribution in [1.29, 1.82) is 0 Å². The fourth-order valence-electron chi connectivity index (χ4n) is 4.60. The number of hydrogen-bond donors (Lipinski definition) is 3. The third-order valence-corrected chi connectivity index (χ3v) is 6.48. The molecule has 5 N–H and O–H groups in total. The van der Waals surface area contributed by atoms with E-state index >= 15 is 0 Å². The first-order valence-electron chi connectivity index (χ1n) is 11.6. The first kappa shape index (κ1) is 24.7. The van der Waals surface area contributed by atoms with Crippen molar-refractivity contribution in [3.63, 3.8) is 0 Å². The second-order valence-corrected chi connectivity index (χ2v) is 9.81. The lowest BCUT2D eigenvalue weighted by molar-refractivity contribution is -0.138. The van der Waals surface area contributed by atoms with Crippen LogP contribution in [0.15, 0.2) is 24.3 Å². The second-order valence-electron chi connectivity index (χ2n) is 9.81. The molecule has 9 heteroatoms. The minimum absolute atomic E-state index is 0.0367. The van der Waals surface area contributed by atoms with Crippen molar-refractivity contribution in [3.05, 3.63) is 29.8 Å². The van der Waals surface area contributed by atoms with E-state index in [1.54, 1.807) is 24.3 Å². The number of rotatable bonds is 7. The van der Waals surface area contributed by atoms with Crippen LogP contribution >= 0.6 is 0 Å². The molecule has 180 valence electrons. The third kappa shape index (κ3) is 5.19. The number of nitrogen functional groups attached to an aromatic ring is 1. The van der Waals surface area contributed by atoms with Crippen LogP contribution in [-0.2, 0) is 14.4 Å². The van der Waals surface area contributed by atoms with Gasteiger partial charge in [0.15, 0.2) is 5.78 Å². The van der Waals surface area contributed by atoms with E-state index < -0.39 is 18.1 Å². The number of fused-ring (bicyclic) bond motifs is 1. The average Bonchev–Trinajstić information content (AvgIpc) is 3.33.